The molecule has 0 saturated heterocycles. The molecule has 0 aliphatic heterocycles. The summed E-state index contributed by atoms with van der Waals surface area (Å²) in [5.41, 5.74) is 4.78. The van der Waals surface area contributed by atoms with Gasteiger partial charge in [0.1, 0.15) is 0 Å². The number of nitrogens with zero attached hydrogens (tertiary/aromatic N) is 1. The first-order valence-electron chi connectivity index (χ1n) is 7.24. The zero-order valence-corrected chi connectivity index (χ0v) is 14.6. The molecule has 0 bridgehead atoms. The standard InChI is InChI=1S/C17H23BrN2/c1-6-11-8-12(18)9-13-14(19-7-2)10-15(17(3,4)5)20-16(11)13/h8-10H,6-7H2,1-5H3,(H,19,20). The largest absolute Gasteiger partial charge is 0.385 e. The monoisotopic (exact) mass is 334 g/mol. The molecule has 1 N–H and O–H groups in total. The molecule has 3 heteroatoms. The summed E-state index contributed by atoms with van der Waals surface area (Å²) in [5.74, 6) is 0. The average molecular weight is 335 g/mol. The smallest absolute Gasteiger partial charge is 0.0758 e. The van der Waals surface area contributed by atoms with Gasteiger partial charge in [-0.25, -0.2) is 0 Å². The zero-order valence-electron chi connectivity index (χ0n) is 13.0. The second kappa shape index (κ2) is 5.72. The van der Waals surface area contributed by atoms with Crippen molar-refractivity contribution in [2.75, 3.05) is 11.9 Å². The van der Waals surface area contributed by atoms with Gasteiger partial charge in [-0.2, -0.15) is 0 Å². The van der Waals surface area contributed by atoms with Gasteiger partial charge >= 0.3 is 0 Å². The Morgan fingerprint density at radius 3 is 2.40 bits per heavy atom. The van der Waals surface area contributed by atoms with Crippen molar-refractivity contribution in [2.45, 2.75) is 46.5 Å². The Hall–Kier alpha value is -1.09. The molecule has 0 atom stereocenters. The maximum absolute atomic E-state index is 4.94. The Morgan fingerprint density at radius 1 is 1.15 bits per heavy atom. The van der Waals surface area contributed by atoms with Crippen LogP contribution in [0.4, 0.5) is 5.69 Å². The summed E-state index contributed by atoms with van der Waals surface area (Å²) < 4.78 is 1.12. The molecule has 0 aliphatic carbocycles. The molecule has 0 spiro atoms. The Kier molecular flexibility index (Phi) is 4.38. The number of pyridine rings is 1. The molecule has 0 amide bonds. The Labute approximate surface area is 130 Å². The van der Waals surface area contributed by atoms with Crippen LogP contribution in [0.3, 0.4) is 0 Å². The maximum Gasteiger partial charge on any atom is 0.0758 e. The molecular formula is C17H23BrN2. The molecule has 1 heterocycles. The van der Waals surface area contributed by atoms with Crippen LogP contribution in [0.2, 0.25) is 0 Å². The van der Waals surface area contributed by atoms with E-state index in [-0.39, 0.29) is 5.41 Å². The van der Waals surface area contributed by atoms with Gasteiger partial charge in [-0.3, -0.25) is 4.98 Å². The van der Waals surface area contributed by atoms with E-state index < -0.39 is 0 Å². The Balaban J connectivity index is 2.81. The highest BCUT2D eigenvalue weighted by atomic mass is 79.9. The molecule has 2 rings (SSSR count). The van der Waals surface area contributed by atoms with Gasteiger partial charge in [0.15, 0.2) is 0 Å². The fourth-order valence-corrected chi connectivity index (χ4v) is 2.86. The van der Waals surface area contributed by atoms with Gasteiger partial charge in [-0.15, -0.1) is 0 Å². The third-order valence-corrected chi connectivity index (χ3v) is 3.93. The summed E-state index contributed by atoms with van der Waals surface area (Å²) in [7, 11) is 0. The van der Waals surface area contributed by atoms with Gasteiger partial charge < -0.3 is 5.32 Å². The zero-order chi connectivity index (χ0) is 14.9. The molecule has 0 unspecified atom stereocenters. The predicted molar refractivity (Wildman–Crippen MR) is 91.7 cm³/mol. The molecule has 2 aromatic rings. The molecule has 1 aromatic heterocycles. The minimum atomic E-state index is 0.0520. The lowest BCUT2D eigenvalue weighted by Gasteiger charge is -2.21. The SMILES string of the molecule is CCNc1cc(C(C)(C)C)nc2c(CC)cc(Br)cc12. The second-order valence-corrected chi connectivity index (χ2v) is 7.07. The van der Waals surface area contributed by atoms with Crippen LogP contribution < -0.4 is 5.32 Å². The predicted octanol–water partition coefficient (Wildman–Crippen LogP) is 5.29. The van der Waals surface area contributed by atoms with Gasteiger partial charge in [0.25, 0.3) is 0 Å². The first-order valence-corrected chi connectivity index (χ1v) is 8.03. The van der Waals surface area contributed by atoms with Crippen LogP contribution in [0, 0.1) is 0 Å². The molecule has 0 radical (unpaired) electrons. The third kappa shape index (κ3) is 2.98. The van der Waals surface area contributed by atoms with Crippen molar-refractivity contribution < 1.29 is 0 Å². The summed E-state index contributed by atoms with van der Waals surface area (Å²) >= 11 is 3.61. The lowest BCUT2D eigenvalue weighted by atomic mass is 9.90. The first kappa shape index (κ1) is 15.3. The molecule has 1 aromatic carbocycles. The number of aromatic nitrogens is 1. The molecule has 20 heavy (non-hydrogen) atoms. The summed E-state index contributed by atoms with van der Waals surface area (Å²) in [6.07, 6.45) is 0.988. The van der Waals surface area contributed by atoms with Crippen molar-refractivity contribution >= 4 is 32.5 Å². The van der Waals surface area contributed by atoms with Crippen LogP contribution in [0.15, 0.2) is 22.7 Å². The highest BCUT2D eigenvalue weighted by Crippen LogP contribution is 2.33. The molecular weight excluding hydrogens is 312 g/mol. The summed E-state index contributed by atoms with van der Waals surface area (Å²) in [4.78, 5) is 4.94. The third-order valence-electron chi connectivity index (χ3n) is 3.47. The van der Waals surface area contributed by atoms with Crippen LogP contribution in [0.5, 0.6) is 0 Å². The van der Waals surface area contributed by atoms with Crippen LogP contribution >= 0.6 is 15.9 Å². The summed E-state index contributed by atoms with van der Waals surface area (Å²) in [6, 6.07) is 6.53. The van der Waals surface area contributed by atoms with Gasteiger partial charge in [-0.05, 0) is 37.1 Å². The van der Waals surface area contributed by atoms with E-state index in [1.165, 1.54) is 16.6 Å². The Morgan fingerprint density at radius 2 is 1.85 bits per heavy atom. The van der Waals surface area contributed by atoms with E-state index in [2.05, 4.69) is 74.1 Å². The number of rotatable bonds is 3. The molecule has 108 valence electrons. The van der Waals surface area contributed by atoms with Crippen molar-refractivity contribution in [3.8, 4) is 0 Å². The van der Waals surface area contributed by atoms with E-state index in [1.807, 2.05) is 0 Å². The Bertz CT molecular complexity index is 627. The topological polar surface area (TPSA) is 24.9 Å². The molecule has 2 nitrogen and oxygen atoms in total. The minimum absolute atomic E-state index is 0.0520. The van der Waals surface area contributed by atoms with Crippen molar-refractivity contribution in [3.05, 3.63) is 33.9 Å². The lowest BCUT2D eigenvalue weighted by molar-refractivity contribution is 0.571. The van der Waals surface area contributed by atoms with Crippen LogP contribution in [0.25, 0.3) is 10.9 Å². The van der Waals surface area contributed by atoms with Crippen LogP contribution in [-0.2, 0) is 11.8 Å². The van der Waals surface area contributed by atoms with E-state index >= 15 is 0 Å². The van der Waals surface area contributed by atoms with Gasteiger partial charge in [0.05, 0.1) is 5.52 Å². The summed E-state index contributed by atoms with van der Waals surface area (Å²) in [6.45, 7) is 11.8. The van der Waals surface area contributed by atoms with Crippen molar-refractivity contribution in [2.24, 2.45) is 0 Å². The number of halogens is 1. The fraction of sp³-hybridized carbons (Fsp3) is 0.471. The highest BCUT2D eigenvalue weighted by molar-refractivity contribution is 9.10. The molecule has 0 fully saturated rings. The number of hydrogen-bond donors (Lipinski definition) is 1. The van der Waals surface area contributed by atoms with Crippen LogP contribution in [0.1, 0.15) is 45.9 Å². The number of nitrogens with one attached hydrogen (secondary N) is 1. The quantitative estimate of drug-likeness (QED) is 0.824. The fourth-order valence-electron chi connectivity index (χ4n) is 2.35. The number of anilines is 1. The summed E-state index contributed by atoms with van der Waals surface area (Å²) in [5, 5.41) is 4.68. The number of aryl methyl sites for hydroxylation is 1. The maximum atomic E-state index is 4.94. The average Bonchev–Trinajstić information content (AvgIpc) is 2.37. The van der Waals surface area contributed by atoms with Crippen LogP contribution in [-0.4, -0.2) is 11.5 Å². The van der Waals surface area contributed by atoms with E-state index in [4.69, 9.17) is 4.98 Å². The van der Waals surface area contributed by atoms with Gasteiger partial charge in [-0.1, -0.05) is 43.6 Å². The van der Waals surface area contributed by atoms with E-state index in [0.29, 0.717) is 0 Å². The normalized spacial score (nSPS) is 11.9. The minimum Gasteiger partial charge on any atom is -0.385 e. The van der Waals surface area contributed by atoms with Gasteiger partial charge in [0.2, 0.25) is 0 Å². The number of benzene rings is 1. The van der Waals surface area contributed by atoms with E-state index in [1.54, 1.807) is 0 Å². The molecule has 0 aliphatic rings. The first-order chi connectivity index (χ1) is 9.36. The van der Waals surface area contributed by atoms with E-state index in [0.717, 1.165) is 28.6 Å². The van der Waals surface area contributed by atoms with Crippen molar-refractivity contribution in [1.29, 1.82) is 0 Å². The van der Waals surface area contributed by atoms with E-state index in [9.17, 15) is 0 Å². The van der Waals surface area contributed by atoms with Crippen molar-refractivity contribution in [3.63, 3.8) is 0 Å². The molecule has 0 saturated carbocycles. The second-order valence-electron chi connectivity index (χ2n) is 6.15. The van der Waals surface area contributed by atoms with Crippen molar-refractivity contribution in [1.82, 2.24) is 4.98 Å². The highest BCUT2D eigenvalue weighted by Gasteiger charge is 2.19. The number of fused-ring (bicyclic) bond motifs is 1. The number of hydrogen-bond acceptors (Lipinski definition) is 2. The van der Waals surface area contributed by atoms with Gasteiger partial charge in [0, 0.05) is 33.2 Å². The lowest BCUT2D eigenvalue weighted by Crippen LogP contribution is -2.15.